The van der Waals surface area contributed by atoms with Gasteiger partial charge in [-0.1, -0.05) is 103 Å². The van der Waals surface area contributed by atoms with Crippen molar-refractivity contribution in [2.75, 3.05) is 5.75 Å². The topological polar surface area (TPSA) is 45.8 Å². The lowest BCUT2D eigenvalue weighted by molar-refractivity contribution is -0.109. The first-order valence-electron chi connectivity index (χ1n) is 11.2. The van der Waals surface area contributed by atoms with E-state index in [4.69, 9.17) is 0 Å². The minimum atomic E-state index is -0.446. The summed E-state index contributed by atoms with van der Waals surface area (Å²) >= 11 is 1.36. The molecule has 0 radical (unpaired) electrons. The van der Waals surface area contributed by atoms with Gasteiger partial charge >= 0.3 is 0 Å². The molecular weight excluding hydrogens is 455 g/mol. The molecule has 3 aromatic carbocycles. The number of rotatable bonds is 6. The molecule has 2 aromatic heterocycles. The SMILES string of the molecule is CC(=O)SCCc1c[nH]c2ccncc12.c1ccc(P(c2ccccc2)c2ccccc2)cc1. The molecule has 0 aliphatic rings. The minimum absolute atomic E-state index is 0.174. The third-order valence-electron chi connectivity index (χ3n) is 5.29. The monoisotopic (exact) mass is 482 g/mol. The number of carbonyl (C=O) groups excluding carboxylic acids is 1. The van der Waals surface area contributed by atoms with Crippen molar-refractivity contribution in [2.24, 2.45) is 0 Å². The Balaban J connectivity index is 0.000000166. The minimum Gasteiger partial charge on any atom is -0.361 e. The van der Waals surface area contributed by atoms with E-state index in [2.05, 4.69) is 101 Å². The average molecular weight is 483 g/mol. The number of aryl methyl sites for hydroxylation is 1. The molecule has 0 unspecified atom stereocenters. The Kier molecular flexibility index (Phi) is 8.67. The zero-order valence-corrected chi connectivity index (χ0v) is 20.8. The molecule has 1 N–H and O–H groups in total. The first-order chi connectivity index (χ1) is 16.7. The zero-order valence-electron chi connectivity index (χ0n) is 19.1. The average Bonchev–Trinajstić information content (AvgIpc) is 3.30. The molecule has 5 rings (SSSR count). The normalized spacial score (nSPS) is 10.6. The van der Waals surface area contributed by atoms with Crippen molar-refractivity contribution in [1.29, 1.82) is 0 Å². The largest absolute Gasteiger partial charge is 0.361 e. The van der Waals surface area contributed by atoms with Crippen molar-refractivity contribution in [3.63, 3.8) is 0 Å². The van der Waals surface area contributed by atoms with Crippen molar-refractivity contribution < 1.29 is 4.79 Å². The van der Waals surface area contributed by atoms with E-state index in [0.717, 1.165) is 23.1 Å². The van der Waals surface area contributed by atoms with Crippen molar-refractivity contribution in [1.82, 2.24) is 9.97 Å². The van der Waals surface area contributed by atoms with Crippen LogP contribution in [0.4, 0.5) is 0 Å². The predicted octanol–water partition coefficient (Wildman–Crippen LogP) is 5.83. The number of fused-ring (bicyclic) bond motifs is 1. The Morgan fingerprint density at radius 1 is 0.824 bits per heavy atom. The van der Waals surface area contributed by atoms with Gasteiger partial charge in [-0.3, -0.25) is 9.78 Å². The van der Waals surface area contributed by atoms with Gasteiger partial charge in [-0.15, -0.1) is 0 Å². The van der Waals surface area contributed by atoms with Gasteiger partial charge in [0.1, 0.15) is 0 Å². The number of pyridine rings is 1. The van der Waals surface area contributed by atoms with Gasteiger partial charge in [-0.2, -0.15) is 0 Å². The van der Waals surface area contributed by atoms with E-state index in [1.807, 2.05) is 18.5 Å². The van der Waals surface area contributed by atoms with Crippen molar-refractivity contribution in [2.45, 2.75) is 13.3 Å². The number of benzene rings is 3. The molecule has 0 bridgehead atoms. The molecule has 0 aliphatic carbocycles. The van der Waals surface area contributed by atoms with Crippen LogP contribution in [0.3, 0.4) is 0 Å². The number of hydrogen-bond acceptors (Lipinski definition) is 3. The molecule has 34 heavy (non-hydrogen) atoms. The number of thioether (sulfide) groups is 1. The molecule has 0 fully saturated rings. The van der Waals surface area contributed by atoms with Crippen LogP contribution in [0.2, 0.25) is 0 Å². The van der Waals surface area contributed by atoms with Crippen molar-refractivity contribution >= 4 is 51.6 Å². The van der Waals surface area contributed by atoms with E-state index in [0.29, 0.717) is 0 Å². The molecule has 3 nitrogen and oxygen atoms in total. The Hall–Kier alpha value is -3.20. The van der Waals surface area contributed by atoms with Crippen LogP contribution in [0.25, 0.3) is 10.9 Å². The standard InChI is InChI=1S/C18H15P.C11H12N2OS/c1-4-10-16(11-5-1)19(17-12-6-2-7-13-17)18-14-8-3-9-15-18;1-8(14)15-5-3-9-6-13-11-2-4-12-7-10(9)11/h1-15H;2,4,6-7,13H,3,5H2,1H3. The summed E-state index contributed by atoms with van der Waals surface area (Å²) in [7, 11) is -0.446. The van der Waals surface area contributed by atoms with E-state index in [-0.39, 0.29) is 5.12 Å². The summed E-state index contributed by atoms with van der Waals surface area (Å²) in [6, 6.07) is 34.3. The Morgan fingerprint density at radius 3 is 1.85 bits per heavy atom. The zero-order chi connectivity index (χ0) is 23.6. The van der Waals surface area contributed by atoms with Crippen LogP contribution in [0.1, 0.15) is 12.5 Å². The van der Waals surface area contributed by atoms with Gasteiger partial charge < -0.3 is 4.98 Å². The summed E-state index contributed by atoms with van der Waals surface area (Å²) in [5.74, 6) is 0.831. The molecule has 5 aromatic rings. The smallest absolute Gasteiger partial charge is 0.185 e. The lowest BCUT2D eigenvalue weighted by Gasteiger charge is -2.18. The molecule has 0 amide bonds. The number of H-pyrrole nitrogens is 1. The maximum atomic E-state index is 10.8. The second-order valence-electron chi connectivity index (χ2n) is 7.67. The highest BCUT2D eigenvalue weighted by Crippen LogP contribution is 2.32. The van der Waals surface area contributed by atoms with Gasteiger partial charge in [0.2, 0.25) is 0 Å². The fourth-order valence-corrected chi connectivity index (χ4v) is 6.62. The third-order valence-corrected chi connectivity index (χ3v) is 8.55. The van der Waals surface area contributed by atoms with Crippen LogP contribution in [-0.4, -0.2) is 20.8 Å². The summed E-state index contributed by atoms with van der Waals surface area (Å²) < 4.78 is 0. The van der Waals surface area contributed by atoms with Crippen molar-refractivity contribution in [3.05, 3.63) is 121 Å². The molecule has 5 heteroatoms. The van der Waals surface area contributed by atoms with Gasteiger partial charge in [0.05, 0.1) is 0 Å². The molecule has 0 saturated heterocycles. The first kappa shape index (κ1) is 23.9. The van der Waals surface area contributed by atoms with Crippen LogP contribution in [0, 0.1) is 0 Å². The second kappa shape index (κ2) is 12.3. The Labute approximate surface area is 206 Å². The van der Waals surface area contributed by atoms with Crippen LogP contribution >= 0.6 is 19.7 Å². The molecule has 170 valence electrons. The highest BCUT2D eigenvalue weighted by molar-refractivity contribution is 8.13. The third kappa shape index (κ3) is 6.44. The number of carbonyl (C=O) groups is 1. The summed E-state index contributed by atoms with van der Waals surface area (Å²) in [6.07, 6.45) is 6.52. The van der Waals surface area contributed by atoms with E-state index in [1.54, 1.807) is 13.1 Å². The lowest BCUT2D eigenvalue weighted by atomic mass is 10.2. The quantitative estimate of drug-likeness (QED) is 0.310. The second-order valence-corrected chi connectivity index (χ2v) is 11.2. The van der Waals surface area contributed by atoms with Gasteiger partial charge in [-0.05, 0) is 41.9 Å². The van der Waals surface area contributed by atoms with Crippen LogP contribution < -0.4 is 15.9 Å². The highest BCUT2D eigenvalue weighted by atomic mass is 32.2. The van der Waals surface area contributed by atoms with Crippen molar-refractivity contribution in [3.8, 4) is 0 Å². The van der Waals surface area contributed by atoms with Crippen LogP contribution in [0.5, 0.6) is 0 Å². The number of nitrogens with zero attached hydrogens (tertiary/aromatic N) is 1. The van der Waals surface area contributed by atoms with E-state index < -0.39 is 7.92 Å². The van der Waals surface area contributed by atoms with Gasteiger partial charge in [0, 0.05) is 42.2 Å². The van der Waals surface area contributed by atoms with Gasteiger partial charge in [0.15, 0.2) is 5.12 Å². The number of nitrogens with one attached hydrogen (secondary N) is 1. The summed E-state index contributed by atoms with van der Waals surface area (Å²) in [5, 5.41) is 5.52. The molecule has 2 heterocycles. The number of aromatic nitrogens is 2. The fraction of sp³-hybridized carbons (Fsp3) is 0.103. The molecule has 0 saturated carbocycles. The van der Waals surface area contributed by atoms with E-state index >= 15 is 0 Å². The summed E-state index contributed by atoms with van der Waals surface area (Å²) in [4.78, 5) is 18.1. The maximum absolute atomic E-state index is 10.8. The number of aromatic amines is 1. The van der Waals surface area contributed by atoms with Crippen LogP contribution in [0.15, 0.2) is 116 Å². The van der Waals surface area contributed by atoms with E-state index in [1.165, 1.54) is 33.2 Å². The molecular formula is C29H27N2OPS. The van der Waals surface area contributed by atoms with Gasteiger partial charge in [0.25, 0.3) is 0 Å². The molecule has 0 atom stereocenters. The first-order valence-corrected chi connectivity index (χ1v) is 13.5. The van der Waals surface area contributed by atoms with Crippen LogP contribution in [-0.2, 0) is 11.2 Å². The Morgan fingerprint density at radius 2 is 1.35 bits per heavy atom. The maximum Gasteiger partial charge on any atom is 0.185 e. The van der Waals surface area contributed by atoms with E-state index in [9.17, 15) is 4.79 Å². The fourth-order valence-electron chi connectivity index (χ4n) is 3.71. The lowest BCUT2D eigenvalue weighted by Crippen LogP contribution is -2.20. The Bertz CT molecular complexity index is 1210. The predicted molar refractivity (Wildman–Crippen MR) is 148 cm³/mol. The summed E-state index contributed by atoms with van der Waals surface area (Å²) in [6.45, 7) is 1.60. The number of hydrogen-bond donors (Lipinski definition) is 1. The highest BCUT2D eigenvalue weighted by Gasteiger charge is 2.15. The molecule has 0 aliphatic heterocycles. The molecule has 0 spiro atoms. The van der Waals surface area contributed by atoms with Gasteiger partial charge in [-0.25, -0.2) is 0 Å². The summed E-state index contributed by atoms with van der Waals surface area (Å²) in [5.41, 5.74) is 2.33.